The number of likely N-dealkylation sites (tertiary alicyclic amines) is 1. The molecule has 8 heteroatoms. The van der Waals surface area contributed by atoms with E-state index in [-0.39, 0.29) is 35.7 Å². The predicted octanol–water partition coefficient (Wildman–Crippen LogP) is 2.91. The molecule has 178 valence electrons. The molecule has 1 saturated heterocycles. The van der Waals surface area contributed by atoms with Gasteiger partial charge in [0, 0.05) is 43.4 Å². The molecule has 1 aromatic carbocycles. The van der Waals surface area contributed by atoms with Gasteiger partial charge in [-0.1, -0.05) is 6.92 Å². The number of hydrogen-bond donors (Lipinski definition) is 3. The Hall–Kier alpha value is -3.13. The van der Waals surface area contributed by atoms with E-state index < -0.39 is 0 Å². The maximum atomic E-state index is 12.8. The predicted molar refractivity (Wildman–Crippen MR) is 124 cm³/mol. The summed E-state index contributed by atoms with van der Waals surface area (Å²) in [5.74, 6) is -0.161. The van der Waals surface area contributed by atoms with Crippen molar-refractivity contribution < 1.29 is 24.5 Å². The van der Waals surface area contributed by atoms with Gasteiger partial charge in [-0.3, -0.25) is 14.6 Å². The van der Waals surface area contributed by atoms with Crippen molar-refractivity contribution in [1.82, 2.24) is 15.2 Å². The Balaban J connectivity index is 1.60. The third-order valence-corrected chi connectivity index (χ3v) is 5.83. The summed E-state index contributed by atoms with van der Waals surface area (Å²) in [6, 6.07) is 7.84. The number of phenolic OH excluding ortho intramolecular Hbond substituents is 2. The van der Waals surface area contributed by atoms with Crippen molar-refractivity contribution in [2.24, 2.45) is 0 Å². The summed E-state index contributed by atoms with van der Waals surface area (Å²) >= 11 is 0. The molecular weight excluding hydrogens is 422 g/mol. The third-order valence-electron chi connectivity index (χ3n) is 5.83. The minimum atomic E-state index is -0.157. The van der Waals surface area contributed by atoms with E-state index in [0.717, 1.165) is 17.8 Å². The zero-order valence-corrected chi connectivity index (χ0v) is 19.3. The quantitative estimate of drug-likeness (QED) is 0.396. The number of piperidine rings is 1. The fraction of sp³-hybridized carbons (Fsp3) is 0.480. The number of aryl methyl sites for hydroxylation is 1. The van der Waals surface area contributed by atoms with Gasteiger partial charge >= 0.3 is 0 Å². The maximum absolute atomic E-state index is 12.8. The van der Waals surface area contributed by atoms with Gasteiger partial charge in [0.1, 0.15) is 11.5 Å². The van der Waals surface area contributed by atoms with Crippen LogP contribution in [0, 0.1) is 6.92 Å². The Morgan fingerprint density at radius 1 is 1.15 bits per heavy atom. The van der Waals surface area contributed by atoms with Gasteiger partial charge in [-0.15, -0.1) is 0 Å². The van der Waals surface area contributed by atoms with E-state index in [1.54, 1.807) is 4.90 Å². The Morgan fingerprint density at radius 2 is 1.91 bits per heavy atom. The molecule has 0 radical (unpaired) electrons. The number of amides is 2. The van der Waals surface area contributed by atoms with Crippen LogP contribution in [0.3, 0.4) is 0 Å². The van der Waals surface area contributed by atoms with Crippen LogP contribution >= 0.6 is 0 Å². The summed E-state index contributed by atoms with van der Waals surface area (Å²) in [4.78, 5) is 32.0. The van der Waals surface area contributed by atoms with Gasteiger partial charge in [-0.25, -0.2) is 0 Å². The molecule has 8 nitrogen and oxygen atoms in total. The summed E-state index contributed by atoms with van der Waals surface area (Å²) in [5, 5.41) is 22.5. The fourth-order valence-corrected chi connectivity index (χ4v) is 4.05. The molecule has 1 aliphatic heterocycles. The number of nitrogens with one attached hydrogen (secondary N) is 1. The number of carbonyl (C=O) groups excluding carboxylic acids is 2. The summed E-state index contributed by atoms with van der Waals surface area (Å²) in [7, 11) is 0. The van der Waals surface area contributed by atoms with Gasteiger partial charge < -0.3 is 25.2 Å². The van der Waals surface area contributed by atoms with Crippen LogP contribution in [0.2, 0.25) is 0 Å². The number of aromatic nitrogens is 1. The van der Waals surface area contributed by atoms with E-state index in [9.17, 15) is 19.8 Å². The average Bonchev–Trinajstić information content (AvgIpc) is 2.81. The Bertz CT molecular complexity index is 971. The van der Waals surface area contributed by atoms with Crippen molar-refractivity contribution in [2.45, 2.75) is 45.4 Å². The largest absolute Gasteiger partial charge is 0.508 e. The van der Waals surface area contributed by atoms with Crippen molar-refractivity contribution in [1.29, 1.82) is 0 Å². The average molecular weight is 456 g/mol. The topological polar surface area (TPSA) is 112 Å². The Morgan fingerprint density at radius 3 is 2.64 bits per heavy atom. The molecule has 0 aliphatic carbocycles. The van der Waals surface area contributed by atoms with Crippen LogP contribution in [-0.2, 0) is 16.0 Å². The number of carbonyl (C=O) groups is 2. The zero-order chi connectivity index (χ0) is 23.8. The minimum Gasteiger partial charge on any atom is -0.508 e. The second-order valence-electron chi connectivity index (χ2n) is 8.40. The molecule has 2 amide bonds. The second-order valence-corrected chi connectivity index (χ2v) is 8.40. The molecule has 3 rings (SSSR count). The summed E-state index contributed by atoms with van der Waals surface area (Å²) < 4.78 is 5.43. The van der Waals surface area contributed by atoms with Crippen LogP contribution in [0.5, 0.6) is 11.5 Å². The molecular formula is C25H33N3O5. The molecule has 0 unspecified atom stereocenters. The standard InChI is InChI=1S/C25H33N3O5/c1-3-13-33-14-10-26-25(32)21-6-4-17(2)27-24(21)18-8-11-28(12-9-18)23(31)16-19-15-20(29)5-7-22(19)30/h4-7,15,18,29-30H,3,8-14,16H2,1-2H3,(H,26,32). The van der Waals surface area contributed by atoms with Gasteiger partial charge in [0.2, 0.25) is 5.91 Å². The molecule has 3 N–H and O–H groups in total. The maximum Gasteiger partial charge on any atom is 0.253 e. The lowest BCUT2D eigenvalue weighted by atomic mass is 9.89. The highest BCUT2D eigenvalue weighted by Crippen LogP contribution is 2.30. The van der Waals surface area contributed by atoms with Gasteiger partial charge in [-0.05, 0) is 56.5 Å². The fourth-order valence-electron chi connectivity index (χ4n) is 4.05. The van der Waals surface area contributed by atoms with E-state index in [2.05, 4.69) is 10.3 Å². The molecule has 0 atom stereocenters. The number of rotatable bonds is 9. The summed E-state index contributed by atoms with van der Waals surface area (Å²) in [6.07, 6.45) is 2.37. The highest BCUT2D eigenvalue weighted by atomic mass is 16.5. The summed E-state index contributed by atoms with van der Waals surface area (Å²) in [6.45, 7) is 6.64. The van der Waals surface area contributed by atoms with E-state index in [0.29, 0.717) is 56.8 Å². The SMILES string of the molecule is CCCOCCNC(=O)c1ccc(C)nc1C1CCN(C(=O)Cc2cc(O)ccc2O)CC1. The van der Waals surface area contributed by atoms with E-state index >= 15 is 0 Å². The lowest BCUT2D eigenvalue weighted by molar-refractivity contribution is -0.131. The number of ether oxygens (including phenoxy) is 1. The smallest absolute Gasteiger partial charge is 0.253 e. The molecule has 33 heavy (non-hydrogen) atoms. The first-order chi connectivity index (χ1) is 15.9. The van der Waals surface area contributed by atoms with Crippen LogP contribution in [0.15, 0.2) is 30.3 Å². The minimum absolute atomic E-state index is 0.00394. The van der Waals surface area contributed by atoms with Crippen molar-refractivity contribution in [3.63, 3.8) is 0 Å². The van der Waals surface area contributed by atoms with E-state index in [4.69, 9.17) is 4.74 Å². The highest BCUT2D eigenvalue weighted by molar-refractivity contribution is 5.95. The van der Waals surface area contributed by atoms with E-state index in [1.807, 2.05) is 26.0 Å². The Kier molecular flexibility index (Phi) is 8.65. The molecule has 2 heterocycles. The van der Waals surface area contributed by atoms with Crippen molar-refractivity contribution in [3.05, 3.63) is 52.8 Å². The number of pyridine rings is 1. The van der Waals surface area contributed by atoms with Crippen molar-refractivity contribution >= 4 is 11.8 Å². The lowest BCUT2D eigenvalue weighted by Crippen LogP contribution is -2.39. The number of hydrogen-bond acceptors (Lipinski definition) is 6. The normalized spacial score (nSPS) is 14.3. The van der Waals surface area contributed by atoms with Gasteiger partial charge in [-0.2, -0.15) is 0 Å². The number of benzene rings is 1. The van der Waals surface area contributed by atoms with Crippen LogP contribution in [0.4, 0.5) is 0 Å². The monoisotopic (exact) mass is 455 g/mol. The summed E-state index contributed by atoms with van der Waals surface area (Å²) in [5.41, 5.74) is 2.61. The number of phenols is 2. The molecule has 1 fully saturated rings. The molecule has 0 spiro atoms. The molecule has 0 bridgehead atoms. The molecule has 1 aromatic heterocycles. The van der Waals surface area contributed by atoms with Crippen LogP contribution in [-0.4, -0.2) is 64.8 Å². The van der Waals surface area contributed by atoms with Crippen LogP contribution < -0.4 is 5.32 Å². The van der Waals surface area contributed by atoms with Gasteiger partial charge in [0.05, 0.1) is 24.3 Å². The third kappa shape index (κ3) is 6.68. The Labute approximate surface area is 194 Å². The molecule has 0 saturated carbocycles. The first kappa shape index (κ1) is 24.5. The van der Waals surface area contributed by atoms with Crippen molar-refractivity contribution in [2.75, 3.05) is 32.8 Å². The lowest BCUT2D eigenvalue weighted by Gasteiger charge is -2.32. The number of aromatic hydroxyl groups is 2. The van der Waals surface area contributed by atoms with Crippen molar-refractivity contribution in [3.8, 4) is 11.5 Å². The van der Waals surface area contributed by atoms with Gasteiger partial charge in [0.15, 0.2) is 0 Å². The van der Waals surface area contributed by atoms with E-state index in [1.165, 1.54) is 18.2 Å². The van der Waals surface area contributed by atoms with Crippen LogP contribution in [0.25, 0.3) is 0 Å². The van der Waals surface area contributed by atoms with Crippen LogP contribution in [0.1, 0.15) is 59.4 Å². The first-order valence-corrected chi connectivity index (χ1v) is 11.5. The highest BCUT2D eigenvalue weighted by Gasteiger charge is 2.28. The molecule has 2 aromatic rings. The van der Waals surface area contributed by atoms with Gasteiger partial charge in [0.25, 0.3) is 5.91 Å². The zero-order valence-electron chi connectivity index (χ0n) is 19.3. The number of nitrogens with zero attached hydrogens (tertiary/aromatic N) is 2. The second kappa shape index (κ2) is 11.7. The molecule has 1 aliphatic rings. The first-order valence-electron chi connectivity index (χ1n) is 11.5.